The van der Waals surface area contributed by atoms with Crippen LogP contribution in [0, 0.1) is 5.92 Å². The zero-order valence-corrected chi connectivity index (χ0v) is 13.7. The van der Waals surface area contributed by atoms with Gasteiger partial charge in [-0.3, -0.25) is 4.79 Å². The second-order valence-electron chi connectivity index (χ2n) is 6.19. The summed E-state index contributed by atoms with van der Waals surface area (Å²) >= 11 is 0. The van der Waals surface area contributed by atoms with E-state index in [0.717, 1.165) is 24.9 Å². The summed E-state index contributed by atoms with van der Waals surface area (Å²) in [5, 5.41) is 3.36. The van der Waals surface area contributed by atoms with E-state index in [4.69, 9.17) is 0 Å². The van der Waals surface area contributed by atoms with Crippen LogP contribution in [0.3, 0.4) is 0 Å². The largest absolute Gasteiger partial charge is 0.471 e. The van der Waals surface area contributed by atoms with E-state index in [1.54, 1.807) is 24.3 Å². The number of nitrogens with zero attached hydrogens (tertiary/aromatic N) is 3. The summed E-state index contributed by atoms with van der Waals surface area (Å²) in [4.78, 5) is 17.3. The van der Waals surface area contributed by atoms with Crippen LogP contribution in [-0.2, 0) is 17.5 Å². The average molecular weight is 353 g/mol. The first-order valence-electron chi connectivity index (χ1n) is 8.14. The summed E-state index contributed by atoms with van der Waals surface area (Å²) in [5.41, 5.74) is 1.34. The highest BCUT2D eigenvalue weighted by Gasteiger charge is 2.38. The van der Waals surface area contributed by atoms with Crippen molar-refractivity contribution < 1.29 is 22.5 Å². The maximum absolute atomic E-state index is 12.5. The third kappa shape index (κ3) is 4.37. The number of carbonyl (C=O) groups is 1. The van der Waals surface area contributed by atoms with Gasteiger partial charge in [-0.2, -0.15) is 18.2 Å². The summed E-state index contributed by atoms with van der Waals surface area (Å²) in [7, 11) is 0. The van der Waals surface area contributed by atoms with Crippen LogP contribution >= 0.6 is 0 Å². The van der Waals surface area contributed by atoms with Crippen LogP contribution in [0.1, 0.15) is 37.6 Å². The Labute approximate surface area is 142 Å². The Hall–Kier alpha value is -2.38. The van der Waals surface area contributed by atoms with Crippen LogP contribution in [0.5, 0.6) is 0 Å². The summed E-state index contributed by atoms with van der Waals surface area (Å²) in [6.07, 6.45) is -1.89. The van der Waals surface area contributed by atoms with Crippen molar-refractivity contribution in [3.8, 4) is 11.4 Å². The van der Waals surface area contributed by atoms with Crippen molar-refractivity contribution in [2.24, 2.45) is 5.92 Å². The number of carbonyl (C=O) groups excluding carboxylic acids is 1. The van der Waals surface area contributed by atoms with E-state index in [9.17, 15) is 18.0 Å². The van der Waals surface area contributed by atoms with Crippen LogP contribution in [0.2, 0.25) is 0 Å². The van der Waals surface area contributed by atoms with Crippen LogP contribution in [0.25, 0.3) is 11.4 Å². The highest BCUT2D eigenvalue weighted by molar-refractivity contribution is 5.75. The molecule has 2 aromatic rings. The van der Waals surface area contributed by atoms with Gasteiger partial charge in [0.25, 0.3) is 0 Å². The summed E-state index contributed by atoms with van der Waals surface area (Å²) < 4.78 is 41.8. The van der Waals surface area contributed by atoms with Gasteiger partial charge in [-0.05, 0) is 24.3 Å². The lowest BCUT2D eigenvalue weighted by molar-refractivity contribution is -0.159. The average Bonchev–Trinajstić information content (AvgIpc) is 3.24. The maximum atomic E-state index is 12.5. The number of alkyl halides is 3. The number of hydrogen-bond acceptors (Lipinski definition) is 4. The van der Waals surface area contributed by atoms with Gasteiger partial charge in [0.2, 0.25) is 11.7 Å². The Morgan fingerprint density at radius 1 is 1.28 bits per heavy atom. The monoisotopic (exact) mass is 353 g/mol. The smallest absolute Gasteiger partial charge is 0.338 e. The number of halogens is 3. The third-order valence-electron chi connectivity index (χ3n) is 4.08. The van der Waals surface area contributed by atoms with E-state index in [1.807, 2.05) is 11.8 Å². The zero-order valence-electron chi connectivity index (χ0n) is 13.7. The topological polar surface area (TPSA) is 59.2 Å². The second kappa shape index (κ2) is 6.85. The van der Waals surface area contributed by atoms with Crippen molar-refractivity contribution in [1.82, 2.24) is 15.0 Å². The van der Waals surface area contributed by atoms with Gasteiger partial charge in [-0.15, -0.1) is 0 Å². The molecule has 0 unspecified atom stereocenters. The van der Waals surface area contributed by atoms with Gasteiger partial charge in [-0.25, -0.2) is 0 Å². The molecule has 0 N–H and O–H groups in total. The van der Waals surface area contributed by atoms with Crippen molar-refractivity contribution in [2.75, 3.05) is 6.54 Å². The molecule has 0 saturated heterocycles. The van der Waals surface area contributed by atoms with Crippen molar-refractivity contribution in [3.05, 3.63) is 35.7 Å². The van der Waals surface area contributed by atoms with E-state index in [-0.39, 0.29) is 11.7 Å². The molecule has 0 atom stereocenters. The standard InChI is InChI=1S/C17H18F3N3O2/c1-2-14(24)23(9-11-3-4-11)10-12-5-7-13(8-6-12)15-21-16(25-22-15)17(18,19)20/h5-8,11H,2-4,9-10H2,1H3. The van der Waals surface area contributed by atoms with Gasteiger partial charge in [0.05, 0.1) is 0 Å². The minimum absolute atomic E-state index is 0.101. The molecule has 134 valence electrons. The fourth-order valence-electron chi connectivity index (χ4n) is 2.53. The fourth-order valence-corrected chi connectivity index (χ4v) is 2.53. The Balaban J connectivity index is 1.70. The molecule has 5 nitrogen and oxygen atoms in total. The highest BCUT2D eigenvalue weighted by atomic mass is 19.4. The quantitative estimate of drug-likeness (QED) is 0.790. The molecule has 1 aliphatic carbocycles. The summed E-state index contributed by atoms with van der Waals surface area (Å²) in [5.74, 6) is -0.784. The highest BCUT2D eigenvalue weighted by Crippen LogP contribution is 2.31. The predicted octanol–water partition coefficient (Wildman–Crippen LogP) is 3.90. The Morgan fingerprint density at radius 2 is 1.96 bits per heavy atom. The van der Waals surface area contributed by atoms with E-state index >= 15 is 0 Å². The SMILES string of the molecule is CCC(=O)N(Cc1ccc(-c2noc(C(F)(F)F)n2)cc1)CC1CC1. The Kier molecular flexibility index (Phi) is 4.78. The normalized spacial score (nSPS) is 14.6. The van der Waals surface area contributed by atoms with Crippen LogP contribution in [0.4, 0.5) is 13.2 Å². The molecule has 0 spiro atoms. The van der Waals surface area contributed by atoms with Crippen molar-refractivity contribution in [3.63, 3.8) is 0 Å². The number of amides is 1. The zero-order chi connectivity index (χ0) is 18.0. The number of hydrogen-bond donors (Lipinski definition) is 0. The lowest BCUT2D eigenvalue weighted by Crippen LogP contribution is -2.31. The lowest BCUT2D eigenvalue weighted by atomic mass is 10.1. The number of benzene rings is 1. The van der Waals surface area contributed by atoms with Crippen molar-refractivity contribution in [1.29, 1.82) is 0 Å². The van der Waals surface area contributed by atoms with Gasteiger partial charge in [0.15, 0.2) is 0 Å². The van der Waals surface area contributed by atoms with E-state index in [0.29, 0.717) is 24.4 Å². The molecular weight excluding hydrogens is 335 g/mol. The lowest BCUT2D eigenvalue weighted by Gasteiger charge is -2.22. The van der Waals surface area contributed by atoms with Crippen LogP contribution in [0.15, 0.2) is 28.8 Å². The molecule has 1 fully saturated rings. The molecule has 1 aliphatic rings. The minimum atomic E-state index is -4.66. The molecule has 1 heterocycles. The van der Waals surface area contributed by atoms with Crippen molar-refractivity contribution in [2.45, 2.75) is 38.9 Å². The number of rotatable bonds is 6. The first-order chi connectivity index (χ1) is 11.9. The second-order valence-corrected chi connectivity index (χ2v) is 6.19. The molecule has 3 rings (SSSR count). The molecule has 1 amide bonds. The van der Waals surface area contributed by atoms with Gasteiger partial charge >= 0.3 is 12.1 Å². The molecule has 1 aromatic carbocycles. The van der Waals surface area contributed by atoms with Gasteiger partial charge in [-0.1, -0.05) is 36.3 Å². The third-order valence-corrected chi connectivity index (χ3v) is 4.08. The molecule has 0 bridgehead atoms. The van der Waals surface area contributed by atoms with Crippen LogP contribution in [-0.4, -0.2) is 27.5 Å². The van der Waals surface area contributed by atoms with Gasteiger partial charge in [0.1, 0.15) is 0 Å². The Morgan fingerprint density at radius 3 is 2.48 bits per heavy atom. The predicted molar refractivity (Wildman–Crippen MR) is 83.2 cm³/mol. The molecular formula is C17H18F3N3O2. The molecule has 25 heavy (non-hydrogen) atoms. The van der Waals surface area contributed by atoms with E-state index in [1.165, 1.54) is 0 Å². The molecule has 1 saturated carbocycles. The number of aromatic nitrogens is 2. The Bertz CT molecular complexity index is 736. The molecule has 0 aliphatic heterocycles. The van der Waals surface area contributed by atoms with Gasteiger partial charge in [0, 0.05) is 25.1 Å². The molecule has 8 heteroatoms. The van der Waals surface area contributed by atoms with Crippen LogP contribution < -0.4 is 0 Å². The minimum Gasteiger partial charge on any atom is -0.338 e. The fraction of sp³-hybridized carbons (Fsp3) is 0.471. The maximum Gasteiger partial charge on any atom is 0.471 e. The van der Waals surface area contributed by atoms with Gasteiger partial charge < -0.3 is 9.42 Å². The summed E-state index contributed by atoms with van der Waals surface area (Å²) in [6.45, 7) is 3.08. The first-order valence-corrected chi connectivity index (χ1v) is 8.14. The van der Waals surface area contributed by atoms with Crippen molar-refractivity contribution >= 4 is 5.91 Å². The van der Waals surface area contributed by atoms with E-state index < -0.39 is 12.1 Å². The first kappa shape index (κ1) is 17.4. The molecule has 1 aromatic heterocycles. The summed E-state index contributed by atoms with van der Waals surface area (Å²) in [6, 6.07) is 6.79. The van der Waals surface area contributed by atoms with E-state index in [2.05, 4.69) is 14.7 Å². The molecule has 0 radical (unpaired) electrons.